The maximum Gasteiger partial charge on any atom is 0.262 e. The number of nitrogens with one attached hydrogen (secondary N) is 1. The summed E-state index contributed by atoms with van der Waals surface area (Å²) in [5, 5.41) is 12.3. The minimum absolute atomic E-state index is 0.167. The van der Waals surface area contributed by atoms with Crippen LogP contribution in [-0.2, 0) is 14.6 Å². The van der Waals surface area contributed by atoms with Gasteiger partial charge >= 0.3 is 0 Å². The van der Waals surface area contributed by atoms with Gasteiger partial charge in [0.25, 0.3) is 11.8 Å². The van der Waals surface area contributed by atoms with Crippen molar-refractivity contribution >= 4 is 43.9 Å². The molecule has 0 saturated heterocycles. The normalized spacial score (nSPS) is 14.4. The number of nitriles is 1. The lowest BCUT2D eigenvalue weighted by molar-refractivity contribution is -0.120. The third kappa shape index (κ3) is 3.99. The van der Waals surface area contributed by atoms with E-state index in [1.807, 2.05) is 13.0 Å². The third-order valence-corrected chi connectivity index (χ3v) is 7.04. The van der Waals surface area contributed by atoms with Crippen LogP contribution in [0.2, 0.25) is 0 Å². The van der Waals surface area contributed by atoms with Crippen LogP contribution in [0.25, 0.3) is 0 Å². The molecule has 30 heavy (non-hydrogen) atoms. The van der Waals surface area contributed by atoms with E-state index < -0.39 is 33.6 Å². The number of amides is 3. The molecule has 0 fully saturated rings. The van der Waals surface area contributed by atoms with Crippen molar-refractivity contribution in [1.82, 2.24) is 4.90 Å². The fraction of sp³-hybridized carbons (Fsp3) is 0.300. The number of benzene rings is 1. The summed E-state index contributed by atoms with van der Waals surface area (Å²) >= 11 is 1.21. The Morgan fingerprint density at radius 3 is 2.27 bits per heavy atom. The largest absolute Gasteiger partial charge is 0.315 e. The minimum atomic E-state index is -3.45. The Labute approximate surface area is 178 Å². The van der Waals surface area contributed by atoms with Crippen LogP contribution in [0.3, 0.4) is 0 Å². The van der Waals surface area contributed by atoms with Gasteiger partial charge in [0.15, 0.2) is 0 Å². The maximum atomic E-state index is 13.1. The lowest BCUT2D eigenvalue weighted by Gasteiger charge is -2.25. The van der Waals surface area contributed by atoms with Crippen LogP contribution in [0.4, 0.5) is 5.00 Å². The van der Waals surface area contributed by atoms with E-state index in [1.165, 1.54) is 23.5 Å². The molecule has 2 heterocycles. The molecule has 1 aromatic carbocycles. The van der Waals surface area contributed by atoms with Crippen LogP contribution in [-0.4, -0.2) is 49.1 Å². The van der Waals surface area contributed by atoms with Crippen LogP contribution in [0.5, 0.6) is 0 Å². The average Bonchev–Trinajstić information content (AvgIpc) is 3.09. The number of carbonyl (C=O) groups excluding carboxylic acids is 3. The van der Waals surface area contributed by atoms with E-state index in [2.05, 4.69) is 5.32 Å². The van der Waals surface area contributed by atoms with E-state index >= 15 is 0 Å². The minimum Gasteiger partial charge on any atom is -0.315 e. The van der Waals surface area contributed by atoms with Gasteiger partial charge in [0.05, 0.1) is 22.4 Å². The summed E-state index contributed by atoms with van der Waals surface area (Å²) in [6.45, 7) is 3.56. The second-order valence-corrected chi connectivity index (χ2v) is 10.5. The van der Waals surface area contributed by atoms with E-state index in [1.54, 1.807) is 19.1 Å². The van der Waals surface area contributed by atoms with Crippen LogP contribution >= 0.6 is 11.3 Å². The molecule has 3 amide bonds. The van der Waals surface area contributed by atoms with Gasteiger partial charge in [0.1, 0.15) is 26.9 Å². The smallest absolute Gasteiger partial charge is 0.262 e. The molecule has 0 saturated carbocycles. The number of imide groups is 1. The highest BCUT2D eigenvalue weighted by Gasteiger charge is 2.43. The third-order valence-electron chi connectivity index (χ3n) is 4.94. The van der Waals surface area contributed by atoms with Crippen molar-refractivity contribution in [3.63, 3.8) is 0 Å². The Hall–Kier alpha value is -3.03. The zero-order chi connectivity index (χ0) is 22.2. The van der Waals surface area contributed by atoms with Crippen molar-refractivity contribution in [2.75, 3.05) is 17.3 Å². The maximum absolute atomic E-state index is 13.1. The van der Waals surface area contributed by atoms with Gasteiger partial charge in [-0.05, 0) is 38.0 Å². The number of hydrogen-bond acceptors (Lipinski definition) is 7. The molecule has 1 atom stereocenters. The number of thiophene rings is 1. The number of hydrogen-bond donors (Lipinski definition) is 1. The van der Waals surface area contributed by atoms with Gasteiger partial charge in [0, 0.05) is 11.1 Å². The SMILES string of the molecule is Cc1sc(NC(=O)[C@H](CCS(C)(=O)=O)N2C(=O)c3ccccc3C2=O)c(C#N)c1C. The van der Waals surface area contributed by atoms with Crippen molar-refractivity contribution in [3.05, 3.63) is 51.4 Å². The monoisotopic (exact) mass is 445 g/mol. The number of carbonyl (C=O) groups is 3. The second-order valence-electron chi connectivity index (χ2n) is 7.05. The number of sulfone groups is 1. The van der Waals surface area contributed by atoms with E-state index in [9.17, 15) is 28.1 Å². The zero-order valence-electron chi connectivity index (χ0n) is 16.6. The van der Waals surface area contributed by atoms with E-state index in [0.717, 1.165) is 21.6 Å². The van der Waals surface area contributed by atoms with Gasteiger partial charge in [-0.1, -0.05) is 12.1 Å². The highest BCUT2D eigenvalue weighted by atomic mass is 32.2. The van der Waals surface area contributed by atoms with Crippen molar-refractivity contribution in [3.8, 4) is 6.07 Å². The molecule has 2 aromatic rings. The second kappa shape index (κ2) is 8.01. The summed E-state index contributed by atoms with van der Waals surface area (Å²) in [6, 6.07) is 6.89. The molecule has 3 rings (SSSR count). The zero-order valence-corrected chi connectivity index (χ0v) is 18.2. The van der Waals surface area contributed by atoms with Gasteiger partial charge in [-0.15, -0.1) is 11.3 Å². The molecule has 0 unspecified atom stereocenters. The number of rotatable bonds is 6. The Balaban J connectivity index is 1.97. The van der Waals surface area contributed by atoms with Gasteiger partial charge in [0.2, 0.25) is 5.91 Å². The predicted octanol–water partition coefficient (Wildman–Crippen LogP) is 2.27. The summed E-state index contributed by atoms with van der Waals surface area (Å²) in [5.74, 6) is -2.40. The lowest BCUT2D eigenvalue weighted by atomic mass is 10.1. The number of nitrogens with zero attached hydrogens (tertiary/aromatic N) is 2. The molecule has 0 bridgehead atoms. The Morgan fingerprint density at radius 1 is 1.20 bits per heavy atom. The van der Waals surface area contributed by atoms with Crippen molar-refractivity contribution in [2.24, 2.45) is 0 Å². The molecular weight excluding hydrogens is 426 g/mol. The average molecular weight is 446 g/mol. The van der Waals surface area contributed by atoms with Crippen LogP contribution in [0, 0.1) is 25.2 Å². The summed E-state index contributed by atoms with van der Waals surface area (Å²) in [6.07, 6.45) is 0.769. The Bertz CT molecular complexity index is 1170. The van der Waals surface area contributed by atoms with Crippen LogP contribution < -0.4 is 5.32 Å². The van der Waals surface area contributed by atoms with Gasteiger partial charge in [-0.2, -0.15) is 5.26 Å². The Morgan fingerprint density at radius 2 is 1.77 bits per heavy atom. The molecule has 1 aliphatic heterocycles. The molecular formula is C20H19N3O5S2. The highest BCUT2D eigenvalue weighted by Crippen LogP contribution is 2.33. The molecule has 1 aromatic heterocycles. The number of anilines is 1. The molecule has 8 nitrogen and oxygen atoms in total. The van der Waals surface area contributed by atoms with E-state index in [0.29, 0.717) is 10.6 Å². The molecule has 10 heteroatoms. The standard InChI is InChI=1S/C20H19N3O5S2/c1-11-12(2)29-18(15(11)10-21)22-17(24)16(8-9-30(3,27)28)23-19(25)13-6-4-5-7-14(13)20(23)26/h4-7,16H,8-9H2,1-3H3,(H,22,24)/t16-/m0/s1. The quantitative estimate of drug-likeness (QED) is 0.680. The first-order valence-corrected chi connectivity index (χ1v) is 11.9. The number of fused-ring (bicyclic) bond motifs is 1. The summed E-state index contributed by atoms with van der Waals surface area (Å²) in [7, 11) is -3.45. The van der Waals surface area contributed by atoms with Gasteiger partial charge in [-0.25, -0.2) is 8.42 Å². The Kier molecular flexibility index (Phi) is 5.78. The van der Waals surface area contributed by atoms with Crippen LogP contribution in [0.15, 0.2) is 24.3 Å². The molecule has 0 aliphatic carbocycles. The first-order chi connectivity index (χ1) is 14.0. The van der Waals surface area contributed by atoms with Crippen molar-refractivity contribution in [2.45, 2.75) is 26.3 Å². The summed E-state index contributed by atoms with van der Waals surface area (Å²) in [4.78, 5) is 40.4. The molecule has 1 aliphatic rings. The van der Waals surface area contributed by atoms with E-state index in [4.69, 9.17) is 0 Å². The topological polar surface area (TPSA) is 124 Å². The molecule has 0 spiro atoms. The fourth-order valence-electron chi connectivity index (χ4n) is 3.24. The fourth-order valence-corrected chi connectivity index (χ4v) is 4.90. The van der Waals surface area contributed by atoms with Gasteiger partial charge in [-0.3, -0.25) is 19.3 Å². The van der Waals surface area contributed by atoms with Crippen molar-refractivity contribution in [1.29, 1.82) is 5.26 Å². The number of aryl methyl sites for hydroxylation is 1. The highest BCUT2D eigenvalue weighted by molar-refractivity contribution is 7.90. The van der Waals surface area contributed by atoms with Gasteiger partial charge < -0.3 is 5.32 Å². The molecule has 1 N–H and O–H groups in total. The molecule has 0 radical (unpaired) electrons. The summed E-state index contributed by atoms with van der Waals surface area (Å²) in [5.41, 5.74) is 1.36. The summed E-state index contributed by atoms with van der Waals surface area (Å²) < 4.78 is 23.4. The van der Waals surface area contributed by atoms with Crippen LogP contribution in [0.1, 0.15) is 43.1 Å². The van der Waals surface area contributed by atoms with E-state index in [-0.39, 0.29) is 23.3 Å². The lowest BCUT2D eigenvalue weighted by Crippen LogP contribution is -2.48. The first kappa shape index (κ1) is 21.7. The molecule has 156 valence electrons. The van der Waals surface area contributed by atoms with Crippen molar-refractivity contribution < 1.29 is 22.8 Å². The predicted molar refractivity (Wildman–Crippen MR) is 112 cm³/mol. The first-order valence-electron chi connectivity index (χ1n) is 9.00.